The summed E-state index contributed by atoms with van der Waals surface area (Å²) in [6, 6.07) is 0. The highest BCUT2D eigenvalue weighted by Gasteiger charge is 2.65. The van der Waals surface area contributed by atoms with Gasteiger partial charge in [-0.1, -0.05) is 26.8 Å². The van der Waals surface area contributed by atoms with E-state index in [1.165, 1.54) is 12.2 Å². The first-order chi connectivity index (χ1) is 12.1. The molecule has 142 valence electrons. The fourth-order valence-corrected chi connectivity index (χ4v) is 7.57. The predicted molar refractivity (Wildman–Crippen MR) is 97.0 cm³/mol. The third kappa shape index (κ3) is 2.20. The van der Waals surface area contributed by atoms with Gasteiger partial charge in [-0.05, 0) is 67.1 Å². The summed E-state index contributed by atoms with van der Waals surface area (Å²) in [5.41, 5.74) is -0.352. The Hall–Kier alpha value is -1.29. The maximum Gasteiger partial charge on any atom is 0.178 e. The molecule has 3 saturated carbocycles. The fourth-order valence-electron chi connectivity index (χ4n) is 7.57. The summed E-state index contributed by atoms with van der Waals surface area (Å²) in [6.07, 6.45) is 4.88. The third-order valence-electron chi connectivity index (χ3n) is 8.25. The van der Waals surface area contributed by atoms with Gasteiger partial charge in [0.25, 0.3) is 0 Å². The summed E-state index contributed by atoms with van der Waals surface area (Å²) >= 11 is 0. The first-order valence-electron chi connectivity index (χ1n) is 9.87. The lowest BCUT2D eigenvalue weighted by atomic mass is 9.46. The van der Waals surface area contributed by atoms with Crippen molar-refractivity contribution >= 4 is 11.6 Å². The summed E-state index contributed by atoms with van der Waals surface area (Å²) in [7, 11) is 0. The largest absolute Gasteiger partial charge is 0.393 e. The van der Waals surface area contributed by atoms with Crippen LogP contribution in [0.5, 0.6) is 0 Å². The van der Waals surface area contributed by atoms with Gasteiger partial charge in [0.1, 0.15) is 12.0 Å². The topological polar surface area (TPSA) is 54.4 Å². The standard InChI is InChI=1S/C22H29FO3/c1-11-7-15-14-9-17(23)16-8-13(25)5-6-21(16,3)20(14)18(26)10-22(15,4)19(11)12(2)24/h5-6,8,11,14-15,17-20,26H,7,9-10H2,1-4H3/t11-,14+,15+,17+,18+,19-,20-,21+,22+/m1/s1. The molecule has 0 aromatic heterocycles. The van der Waals surface area contributed by atoms with Crippen LogP contribution < -0.4 is 0 Å². The van der Waals surface area contributed by atoms with Gasteiger partial charge in [0.2, 0.25) is 0 Å². The van der Waals surface area contributed by atoms with E-state index in [1.54, 1.807) is 6.92 Å². The van der Waals surface area contributed by atoms with Gasteiger partial charge in [-0.25, -0.2) is 4.39 Å². The number of hydrogen-bond donors (Lipinski definition) is 1. The molecule has 0 aliphatic heterocycles. The summed E-state index contributed by atoms with van der Waals surface area (Å²) in [6.45, 7) is 7.88. The van der Waals surface area contributed by atoms with Crippen LogP contribution in [0, 0.1) is 40.4 Å². The number of halogens is 1. The van der Waals surface area contributed by atoms with E-state index in [0.717, 1.165) is 6.42 Å². The van der Waals surface area contributed by atoms with Gasteiger partial charge in [-0.2, -0.15) is 0 Å². The number of alkyl halides is 1. The third-order valence-corrected chi connectivity index (χ3v) is 8.25. The molecule has 4 heteroatoms. The lowest BCUT2D eigenvalue weighted by Crippen LogP contribution is -2.58. The van der Waals surface area contributed by atoms with Crippen molar-refractivity contribution in [2.45, 2.75) is 59.2 Å². The van der Waals surface area contributed by atoms with Crippen LogP contribution in [0.25, 0.3) is 0 Å². The van der Waals surface area contributed by atoms with E-state index in [2.05, 4.69) is 13.8 Å². The molecule has 4 aliphatic rings. The summed E-state index contributed by atoms with van der Waals surface area (Å²) in [5, 5.41) is 11.2. The predicted octanol–water partition coefficient (Wildman–Crippen LogP) is 3.66. The summed E-state index contributed by atoms with van der Waals surface area (Å²) < 4.78 is 15.2. The highest BCUT2D eigenvalue weighted by atomic mass is 19.1. The smallest absolute Gasteiger partial charge is 0.178 e. The highest BCUT2D eigenvalue weighted by molar-refractivity contribution is 6.01. The van der Waals surface area contributed by atoms with Gasteiger partial charge in [0.05, 0.1) is 6.10 Å². The molecule has 0 unspecified atom stereocenters. The lowest BCUT2D eigenvalue weighted by molar-refractivity contribution is -0.141. The molecule has 26 heavy (non-hydrogen) atoms. The van der Waals surface area contributed by atoms with Crippen LogP contribution in [0.4, 0.5) is 4.39 Å². The zero-order chi connectivity index (χ0) is 19.0. The van der Waals surface area contributed by atoms with Crippen LogP contribution in [-0.4, -0.2) is 28.9 Å². The maximum atomic E-state index is 15.2. The Morgan fingerprint density at radius 2 is 2.00 bits per heavy atom. The van der Waals surface area contributed by atoms with Crippen molar-refractivity contribution in [1.82, 2.24) is 0 Å². The second-order valence-electron chi connectivity index (χ2n) is 9.70. The number of carbonyl (C=O) groups excluding carboxylic acids is 2. The van der Waals surface area contributed by atoms with Crippen molar-refractivity contribution in [2.75, 3.05) is 0 Å². The number of Topliss-reactive ketones (excluding diaryl/α,β-unsaturated/α-hetero) is 1. The van der Waals surface area contributed by atoms with Crippen LogP contribution >= 0.6 is 0 Å². The minimum absolute atomic E-state index is 0.0329. The highest BCUT2D eigenvalue weighted by Crippen LogP contribution is 2.67. The molecule has 0 aromatic rings. The normalized spacial score (nSPS) is 52.8. The van der Waals surface area contributed by atoms with Gasteiger partial charge in [-0.3, -0.25) is 9.59 Å². The van der Waals surface area contributed by atoms with Gasteiger partial charge < -0.3 is 5.11 Å². The Kier molecular flexibility index (Phi) is 3.90. The number of allylic oxidation sites excluding steroid dienone is 4. The summed E-state index contributed by atoms with van der Waals surface area (Å²) in [5.74, 6) is 0.402. The van der Waals surface area contributed by atoms with Crippen molar-refractivity contribution in [3.05, 3.63) is 23.8 Å². The molecule has 0 bridgehead atoms. The number of aliphatic hydroxyl groups excluding tert-OH is 1. The number of rotatable bonds is 1. The SMILES string of the molecule is CC(=O)[C@H]1[C@H](C)C[C@H]2[C@@H]3C[C@H](F)C4=CC(=O)C=C[C@]4(C)[C@H]3[C@@H](O)C[C@@]21C. The molecule has 0 radical (unpaired) electrons. The van der Waals surface area contributed by atoms with Crippen molar-refractivity contribution < 1.29 is 19.1 Å². The zero-order valence-corrected chi connectivity index (χ0v) is 16.0. The average Bonchev–Trinajstić information content (AvgIpc) is 2.79. The molecule has 4 rings (SSSR count). The van der Waals surface area contributed by atoms with E-state index in [-0.39, 0.29) is 46.6 Å². The molecule has 0 amide bonds. The molecule has 0 heterocycles. The molecule has 0 spiro atoms. The van der Waals surface area contributed by atoms with Crippen LogP contribution in [-0.2, 0) is 9.59 Å². The van der Waals surface area contributed by atoms with Gasteiger partial charge in [-0.15, -0.1) is 0 Å². The number of ketones is 2. The second kappa shape index (κ2) is 5.60. The Balaban J connectivity index is 1.79. The average molecular weight is 360 g/mol. The maximum absolute atomic E-state index is 15.2. The number of aliphatic hydroxyl groups is 1. The van der Waals surface area contributed by atoms with Crippen molar-refractivity contribution in [3.8, 4) is 0 Å². The molecule has 1 N–H and O–H groups in total. The van der Waals surface area contributed by atoms with Crippen molar-refractivity contribution in [1.29, 1.82) is 0 Å². The molecule has 9 atom stereocenters. The zero-order valence-electron chi connectivity index (χ0n) is 16.0. The van der Waals surface area contributed by atoms with Crippen LogP contribution in [0.1, 0.15) is 47.0 Å². The first-order valence-corrected chi connectivity index (χ1v) is 9.87. The molecule has 3 fully saturated rings. The fraction of sp³-hybridized carbons (Fsp3) is 0.727. The number of hydrogen-bond acceptors (Lipinski definition) is 3. The van der Waals surface area contributed by atoms with E-state index >= 15 is 4.39 Å². The summed E-state index contributed by atoms with van der Waals surface area (Å²) in [4.78, 5) is 24.2. The van der Waals surface area contributed by atoms with E-state index < -0.39 is 17.7 Å². The van der Waals surface area contributed by atoms with Crippen molar-refractivity contribution in [2.24, 2.45) is 40.4 Å². The second-order valence-corrected chi connectivity index (χ2v) is 9.70. The van der Waals surface area contributed by atoms with Crippen molar-refractivity contribution in [3.63, 3.8) is 0 Å². The molecule has 0 saturated heterocycles. The van der Waals surface area contributed by atoms with Crippen LogP contribution in [0.2, 0.25) is 0 Å². The van der Waals surface area contributed by atoms with Crippen LogP contribution in [0.15, 0.2) is 23.8 Å². The number of carbonyl (C=O) groups is 2. The minimum Gasteiger partial charge on any atom is -0.393 e. The molecule has 4 aliphatic carbocycles. The van der Waals surface area contributed by atoms with E-state index in [1.807, 2.05) is 13.0 Å². The Labute approximate surface area is 154 Å². The molecular weight excluding hydrogens is 331 g/mol. The van der Waals surface area contributed by atoms with Gasteiger partial charge >= 0.3 is 0 Å². The number of fused-ring (bicyclic) bond motifs is 5. The minimum atomic E-state index is -1.16. The van der Waals surface area contributed by atoms with Crippen LogP contribution in [0.3, 0.4) is 0 Å². The quantitative estimate of drug-likeness (QED) is 0.776. The van der Waals surface area contributed by atoms with Gasteiger partial charge in [0, 0.05) is 17.3 Å². The Morgan fingerprint density at radius 1 is 1.31 bits per heavy atom. The monoisotopic (exact) mass is 360 g/mol. The van der Waals surface area contributed by atoms with E-state index in [4.69, 9.17) is 0 Å². The Morgan fingerprint density at radius 3 is 2.65 bits per heavy atom. The molecule has 3 nitrogen and oxygen atoms in total. The molecule has 0 aromatic carbocycles. The van der Waals surface area contributed by atoms with E-state index in [0.29, 0.717) is 18.4 Å². The first kappa shape index (κ1) is 18.1. The van der Waals surface area contributed by atoms with Gasteiger partial charge in [0.15, 0.2) is 5.78 Å². The lowest BCUT2D eigenvalue weighted by Gasteiger charge is -2.59. The van der Waals surface area contributed by atoms with E-state index in [9.17, 15) is 14.7 Å². The molecular formula is C22H29FO3. The Bertz CT molecular complexity index is 725.